The largest absolute Gasteiger partial charge is 0.493 e. The zero-order valence-corrected chi connectivity index (χ0v) is 12.4. The van der Waals surface area contributed by atoms with E-state index in [4.69, 9.17) is 14.2 Å². The molecule has 0 unspecified atom stereocenters. The van der Waals surface area contributed by atoms with Crippen molar-refractivity contribution in [1.29, 1.82) is 0 Å². The molecule has 1 aromatic heterocycles. The van der Waals surface area contributed by atoms with Gasteiger partial charge in [-0.2, -0.15) is 18.3 Å². The van der Waals surface area contributed by atoms with Crippen LogP contribution in [0.5, 0.6) is 17.2 Å². The lowest BCUT2D eigenvalue weighted by Crippen LogP contribution is -2.05. The van der Waals surface area contributed by atoms with Gasteiger partial charge in [0, 0.05) is 11.8 Å². The van der Waals surface area contributed by atoms with Gasteiger partial charge >= 0.3 is 6.18 Å². The number of ether oxygens (including phenoxy) is 3. The van der Waals surface area contributed by atoms with E-state index < -0.39 is 11.7 Å². The van der Waals surface area contributed by atoms with Crippen molar-refractivity contribution in [2.45, 2.75) is 6.18 Å². The van der Waals surface area contributed by atoms with E-state index >= 15 is 0 Å². The van der Waals surface area contributed by atoms with Gasteiger partial charge in [-0.25, -0.2) is 4.98 Å². The number of anilines is 1. The number of fused-ring (bicyclic) bond motifs is 1. The summed E-state index contributed by atoms with van der Waals surface area (Å²) in [7, 11) is 1.50. The molecule has 0 fully saturated rings. The molecule has 0 aliphatic carbocycles. The van der Waals surface area contributed by atoms with Crippen LogP contribution in [0.2, 0.25) is 0 Å². The lowest BCUT2D eigenvalue weighted by molar-refractivity contribution is -0.137. The summed E-state index contributed by atoms with van der Waals surface area (Å²) in [6, 6.07) is 5.52. The SMILES string of the molecule is COc1cc(/C=N\Nc2ccc(C(F)(F)F)cn2)cc2c1OCO2. The minimum atomic E-state index is -4.42. The van der Waals surface area contributed by atoms with E-state index in [0.717, 1.165) is 12.3 Å². The number of rotatable bonds is 4. The zero-order valence-electron chi connectivity index (χ0n) is 12.4. The smallest absolute Gasteiger partial charge is 0.417 e. The van der Waals surface area contributed by atoms with Gasteiger partial charge in [0.05, 0.1) is 18.9 Å². The standard InChI is InChI=1S/C15H12F3N3O3/c1-22-11-4-9(5-12-14(11)24-8-23-12)6-20-21-13-3-2-10(7-19-13)15(16,17)18/h2-7H,8H2,1H3,(H,19,21)/b20-6-. The van der Waals surface area contributed by atoms with Gasteiger partial charge in [-0.1, -0.05) is 0 Å². The van der Waals surface area contributed by atoms with Crippen LogP contribution in [0.1, 0.15) is 11.1 Å². The number of halogens is 3. The highest BCUT2D eigenvalue weighted by molar-refractivity contribution is 5.83. The highest BCUT2D eigenvalue weighted by atomic mass is 19.4. The fourth-order valence-corrected chi connectivity index (χ4v) is 2.03. The molecule has 2 heterocycles. The Kier molecular flexibility index (Phi) is 4.15. The average Bonchev–Trinajstić information content (AvgIpc) is 3.02. The van der Waals surface area contributed by atoms with Gasteiger partial charge in [0.25, 0.3) is 0 Å². The maximum atomic E-state index is 12.4. The number of benzene rings is 1. The van der Waals surface area contributed by atoms with E-state index in [2.05, 4.69) is 15.5 Å². The van der Waals surface area contributed by atoms with E-state index in [9.17, 15) is 13.2 Å². The monoisotopic (exact) mass is 339 g/mol. The summed E-state index contributed by atoms with van der Waals surface area (Å²) >= 11 is 0. The van der Waals surface area contributed by atoms with Crippen molar-refractivity contribution in [3.05, 3.63) is 41.6 Å². The van der Waals surface area contributed by atoms with Crippen LogP contribution in [-0.2, 0) is 6.18 Å². The third-order valence-corrected chi connectivity index (χ3v) is 3.16. The number of hydrogen-bond acceptors (Lipinski definition) is 6. The second-order valence-corrected chi connectivity index (χ2v) is 4.76. The summed E-state index contributed by atoms with van der Waals surface area (Å²) in [6.45, 7) is 0.111. The first kappa shape index (κ1) is 15.9. The van der Waals surface area contributed by atoms with Crippen molar-refractivity contribution in [3.8, 4) is 17.2 Å². The van der Waals surface area contributed by atoms with Crippen LogP contribution < -0.4 is 19.6 Å². The molecule has 1 aliphatic heterocycles. The molecule has 0 bridgehead atoms. The zero-order chi connectivity index (χ0) is 17.2. The number of hydrazone groups is 1. The number of pyridine rings is 1. The van der Waals surface area contributed by atoms with Crippen LogP contribution in [0.15, 0.2) is 35.6 Å². The molecule has 0 atom stereocenters. The highest BCUT2D eigenvalue weighted by Gasteiger charge is 2.30. The van der Waals surface area contributed by atoms with Crippen molar-refractivity contribution in [2.24, 2.45) is 5.10 Å². The minimum absolute atomic E-state index is 0.111. The molecule has 0 spiro atoms. The van der Waals surface area contributed by atoms with E-state index in [1.165, 1.54) is 19.4 Å². The summed E-state index contributed by atoms with van der Waals surface area (Å²) in [5.74, 6) is 1.74. The van der Waals surface area contributed by atoms with Crippen molar-refractivity contribution >= 4 is 12.0 Å². The second kappa shape index (κ2) is 6.26. The Labute approximate surface area is 134 Å². The molecule has 1 aromatic carbocycles. The summed E-state index contributed by atoms with van der Waals surface area (Å²) in [6.07, 6.45) is -2.22. The second-order valence-electron chi connectivity index (χ2n) is 4.76. The number of hydrogen-bond donors (Lipinski definition) is 1. The van der Waals surface area contributed by atoms with Crippen LogP contribution in [0.25, 0.3) is 0 Å². The van der Waals surface area contributed by atoms with E-state index in [-0.39, 0.29) is 12.6 Å². The van der Waals surface area contributed by atoms with Crippen LogP contribution >= 0.6 is 0 Å². The molecule has 24 heavy (non-hydrogen) atoms. The summed E-state index contributed by atoms with van der Waals surface area (Å²) in [5.41, 5.74) is 2.40. The Morgan fingerprint density at radius 1 is 1.29 bits per heavy atom. The molecule has 6 nitrogen and oxygen atoms in total. The summed E-state index contributed by atoms with van der Waals surface area (Å²) in [5, 5.41) is 3.93. The fraction of sp³-hybridized carbons (Fsp3) is 0.200. The number of nitrogens with one attached hydrogen (secondary N) is 1. The topological polar surface area (TPSA) is 65.0 Å². The lowest BCUT2D eigenvalue weighted by atomic mass is 10.2. The maximum Gasteiger partial charge on any atom is 0.417 e. The first-order valence-corrected chi connectivity index (χ1v) is 6.77. The van der Waals surface area contributed by atoms with Crippen molar-refractivity contribution in [2.75, 3.05) is 19.3 Å². The fourth-order valence-electron chi connectivity index (χ4n) is 2.03. The third kappa shape index (κ3) is 3.34. The van der Waals surface area contributed by atoms with Gasteiger partial charge in [0.2, 0.25) is 12.5 Å². The maximum absolute atomic E-state index is 12.4. The number of aromatic nitrogens is 1. The lowest BCUT2D eigenvalue weighted by Gasteiger charge is -2.07. The molecule has 126 valence electrons. The van der Waals surface area contributed by atoms with Crippen molar-refractivity contribution in [1.82, 2.24) is 4.98 Å². The summed E-state index contributed by atoms with van der Waals surface area (Å²) < 4.78 is 53.1. The van der Waals surface area contributed by atoms with E-state index in [0.29, 0.717) is 22.8 Å². The van der Waals surface area contributed by atoms with Gasteiger partial charge in [-0.15, -0.1) is 0 Å². The molecule has 0 radical (unpaired) electrons. The number of nitrogens with zero attached hydrogens (tertiary/aromatic N) is 2. The predicted molar refractivity (Wildman–Crippen MR) is 79.6 cm³/mol. The third-order valence-electron chi connectivity index (χ3n) is 3.16. The molecule has 0 amide bonds. The van der Waals surface area contributed by atoms with Crippen molar-refractivity contribution < 1.29 is 27.4 Å². The van der Waals surface area contributed by atoms with Gasteiger partial charge in [0.1, 0.15) is 5.82 Å². The Hall–Kier alpha value is -2.97. The first-order chi connectivity index (χ1) is 11.5. The first-order valence-electron chi connectivity index (χ1n) is 6.77. The molecule has 0 saturated heterocycles. The van der Waals surface area contributed by atoms with E-state index in [1.54, 1.807) is 12.1 Å². The van der Waals surface area contributed by atoms with Crippen LogP contribution in [0.4, 0.5) is 19.0 Å². The Bertz CT molecular complexity index is 761. The van der Waals surface area contributed by atoms with Gasteiger partial charge in [0.15, 0.2) is 11.5 Å². The highest BCUT2D eigenvalue weighted by Crippen LogP contribution is 2.41. The molecule has 0 saturated carbocycles. The van der Waals surface area contributed by atoms with Gasteiger partial charge < -0.3 is 14.2 Å². The van der Waals surface area contributed by atoms with Gasteiger partial charge in [-0.05, 0) is 24.3 Å². The summed E-state index contributed by atoms with van der Waals surface area (Å²) in [4.78, 5) is 3.65. The number of methoxy groups -OCH3 is 1. The minimum Gasteiger partial charge on any atom is -0.493 e. The molecule has 9 heteroatoms. The molecule has 1 N–H and O–H groups in total. The van der Waals surface area contributed by atoms with E-state index in [1.807, 2.05) is 0 Å². The Morgan fingerprint density at radius 2 is 2.12 bits per heavy atom. The molecular weight excluding hydrogens is 327 g/mol. The molecular formula is C15H12F3N3O3. The van der Waals surface area contributed by atoms with Gasteiger partial charge in [-0.3, -0.25) is 5.43 Å². The molecule has 1 aliphatic rings. The van der Waals surface area contributed by atoms with Crippen LogP contribution in [0.3, 0.4) is 0 Å². The average molecular weight is 339 g/mol. The molecule has 3 rings (SSSR count). The quantitative estimate of drug-likeness (QED) is 0.684. The van der Waals surface area contributed by atoms with Crippen molar-refractivity contribution in [3.63, 3.8) is 0 Å². The normalized spacial score (nSPS) is 13.3. The van der Waals surface area contributed by atoms with Crippen LogP contribution in [0, 0.1) is 0 Å². The Morgan fingerprint density at radius 3 is 2.79 bits per heavy atom. The predicted octanol–water partition coefficient (Wildman–Crippen LogP) is 3.28. The Balaban J connectivity index is 1.71. The van der Waals surface area contributed by atoms with Crippen LogP contribution in [-0.4, -0.2) is 25.1 Å². The number of alkyl halides is 3. The molecule has 2 aromatic rings.